The molecule has 1 heterocycles. The molecular formula is C15H17ClN2O4. The van der Waals surface area contributed by atoms with Crippen molar-refractivity contribution in [1.29, 1.82) is 0 Å². The fourth-order valence-electron chi connectivity index (χ4n) is 2.32. The molecule has 0 unspecified atom stereocenters. The summed E-state index contributed by atoms with van der Waals surface area (Å²) in [6.07, 6.45) is 1.40. The maximum absolute atomic E-state index is 12.0. The van der Waals surface area contributed by atoms with E-state index >= 15 is 0 Å². The number of nitrogens with two attached hydrogens (primary N) is 1. The van der Waals surface area contributed by atoms with Crippen molar-refractivity contribution < 1.29 is 19.1 Å². The van der Waals surface area contributed by atoms with Gasteiger partial charge in [-0.25, -0.2) is 4.79 Å². The number of halogens is 1. The van der Waals surface area contributed by atoms with Gasteiger partial charge in [0.2, 0.25) is 5.91 Å². The molecule has 2 rings (SSSR count). The summed E-state index contributed by atoms with van der Waals surface area (Å²) >= 11 is 5.73. The summed E-state index contributed by atoms with van der Waals surface area (Å²) in [7, 11) is 0. The van der Waals surface area contributed by atoms with Gasteiger partial charge < -0.3 is 15.4 Å². The Balaban J connectivity index is 1.85. The summed E-state index contributed by atoms with van der Waals surface area (Å²) in [4.78, 5) is 36.5. The summed E-state index contributed by atoms with van der Waals surface area (Å²) < 4.78 is 4.99. The Morgan fingerprint density at radius 2 is 1.95 bits per heavy atom. The second-order valence-corrected chi connectivity index (χ2v) is 5.60. The highest BCUT2D eigenvalue weighted by Crippen LogP contribution is 2.16. The Morgan fingerprint density at radius 1 is 1.27 bits per heavy atom. The monoisotopic (exact) mass is 324 g/mol. The third-order valence-electron chi connectivity index (χ3n) is 3.58. The molecular weight excluding hydrogens is 308 g/mol. The molecule has 0 bridgehead atoms. The molecule has 1 fully saturated rings. The molecule has 118 valence electrons. The van der Waals surface area contributed by atoms with Crippen LogP contribution in [0, 0.1) is 5.92 Å². The number of hydrogen-bond donors (Lipinski definition) is 1. The van der Waals surface area contributed by atoms with Crippen molar-refractivity contribution in [1.82, 2.24) is 4.90 Å². The molecule has 1 aromatic carbocycles. The number of likely N-dealkylation sites (tertiary alicyclic amines) is 1. The Kier molecular flexibility index (Phi) is 5.38. The summed E-state index contributed by atoms with van der Waals surface area (Å²) in [5.74, 6) is -1.65. The zero-order valence-electron chi connectivity index (χ0n) is 12.0. The SMILES string of the molecule is NC(=O)[C@@H]1CCCN(C(=O)COC(=O)c2ccc(Cl)cc2)C1. The van der Waals surface area contributed by atoms with Crippen molar-refractivity contribution in [2.24, 2.45) is 11.7 Å². The zero-order chi connectivity index (χ0) is 16.1. The van der Waals surface area contributed by atoms with E-state index in [1.807, 2.05) is 0 Å². The standard InChI is InChI=1S/C15H17ClN2O4/c16-12-5-3-10(4-6-12)15(21)22-9-13(19)18-7-1-2-11(8-18)14(17)20/h3-6,11H,1-2,7-9H2,(H2,17,20)/t11-/m1/s1. The van der Waals surface area contributed by atoms with E-state index in [0.29, 0.717) is 30.0 Å². The summed E-state index contributed by atoms with van der Waals surface area (Å²) in [6, 6.07) is 6.20. The van der Waals surface area contributed by atoms with Crippen LogP contribution in [0.4, 0.5) is 0 Å². The van der Waals surface area contributed by atoms with Gasteiger partial charge in [0, 0.05) is 18.1 Å². The van der Waals surface area contributed by atoms with Crippen LogP contribution in [0.15, 0.2) is 24.3 Å². The first-order valence-corrected chi connectivity index (χ1v) is 7.35. The highest BCUT2D eigenvalue weighted by atomic mass is 35.5. The van der Waals surface area contributed by atoms with Crippen LogP contribution < -0.4 is 5.73 Å². The van der Waals surface area contributed by atoms with Crippen molar-refractivity contribution in [2.45, 2.75) is 12.8 Å². The highest BCUT2D eigenvalue weighted by molar-refractivity contribution is 6.30. The number of ether oxygens (including phenoxy) is 1. The van der Waals surface area contributed by atoms with E-state index in [1.165, 1.54) is 17.0 Å². The molecule has 0 saturated carbocycles. The largest absolute Gasteiger partial charge is 0.452 e. The molecule has 1 aliphatic heterocycles. The number of primary amides is 1. The lowest BCUT2D eigenvalue weighted by Crippen LogP contribution is -2.45. The van der Waals surface area contributed by atoms with Crippen LogP contribution in [0.25, 0.3) is 0 Å². The van der Waals surface area contributed by atoms with Crippen LogP contribution in [-0.2, 0) is 14.3 Å². The van der Waals surface area contributed by atoms with Gasteiger partial charge in [0.15, 0.2) is 6.61 Å². The number of hydrogen-bond acceptors (Lipinski definition) is 4. The predicted octanol–water partition coefficient (Wildman–Crippen LogP) is 1.22. The lowest BCUT2D eigenvalue weighted by Gasteiger charge is -2.31. The number of carbonyl (C=O) groups is 3. The zero-order valence-corrected chi connectivity index (χ0v) is 12.7. The van der Waals surface area contributed by atoms with Gasteiger partial charge in [-0.3, -0.25) is 9.59 Å². The number of amides is 2. The molecule has 0 aliphatic carbocycles. The molecule has 1 aromatic rings. The van der Waals surface area contributed by atoms with E-state index in [9.17, 15) is 14.4 Å². The Morgan fingerprint density at radius 3 is 2.59 bits per heavy atom. The maximum Gasteiger partial charge on any atom is 0.338 e. The number of rotatable bonds is 4. The van der Waals surface area contributed by atoms with Crippen molar-refractivity contribution >= 4 is 29.4 Å². The lowest BCUT2D eigenvalue weighted by atomic mass is 9.97. The summed E-state index contributed by atoms with van der Waals surface area (Å²) in [6.45, 7) is 0.473. The molecule has 2 amide bonds. The van der Waals surface area contributed by atoms with E-state index in [1.54, 1.807) is 12.1 Å². The van der Waals surface area contributed by atoms with Crippen LogP contribution in [0.2, 0.25) is 5.02 Å². The van der Waals surface area contributed by atoms with Gasteiger partial charge in [-0.05, 0) is 37.1 Å². The Bertz CT molecular complexity index is 573. The van der Waals surface area contributed by atoms with Gasteiger partial charge in [-0.1, -0.05) is 11.6 Å². The average molecular weight is 325 g/mol. The molecule has 0 radical (unpaired) electrons. The van der Waals surface area contributed by atoms with Crippen LogP contribution in [0.5, 0.6) is 0 Å². The van der Waals surface area contributed by atoms with E-state index in [2.05, 4.69) is 0 Å². The van der Waals surface area contributed by atoms with Gasteiger partial charge in [0.25, 0.3) is 5.91 Å². The van der Waals surface area contributed by atoms with Crippen LogP contribution in [0.1, 0.15) is 23.2 Å². The van der Waals surface area contributed by atoms with Gasteiger partial charge in [0.05, 0.1) is 11.5 Å². The molecule has 0 spiro atoms. The third-order valence-corrected chi connectivity index (χ3v) is 3.84. The smallest absolute Gasteiger partial charge is 0.338 e. The molecule has 22 heavy (non-hydrogen) atoms. The van der Waals surface area contributed by atoms with Crippen molar-refractivity contribution in [3.05, 3.63) is 34.9 Å². The number of benzene rings is 1. The fourth-order valence-corrected chi connectivity index (χ4v) is 2.45. The van der Waals surface area contributed by atoms with Crippen LogP contribution in [0.3, 0.4) is 0 Å². The first-order valence-electron chi connectivity index (χ1n) is 6.97. The topological polar surface area (TPSA) is 89.7 Å². The molecule has 7 heteroatoms. The van der Waals surface area contributed by atoms with E-state index < -0.39 is 11.9 Å². The normalized spacial score (nSPS) is 17.9. The highest BCUT2D eigenvalue weighted by Gasteiger charge is 2.27. The van der Waals surface area contributed by atoms with Gasteiger partial charge in [-0.15, -0.1) is 0 Å². The van der Waals surface area contributed by atoms with Gasteiger partial charge in [0.1, 0.15) is 0 Å². The summed E-state index contributed by atoms with van der Waals surface area (Å²) in [5, 5.41) is 0.512. The minimum Gasteiger partial charge on any atom is -0.452 e. The minimum absolute atomic E-state index is 0.284. The predicted molar refractivity (Wildman–Crippen MR) is 80.2 cm³/mol. The first kappa shape index (κ1) is 16.3. The molecule has 0 aromatic heterocycles. The first-order chi connectivity index (χ1) is 10.5. The number of esters is 1. The second-order valence-electron chi connectivity index (χ2n) is 5.16. The lowest BCUT2D eigenvalue weighted by molar-refractivity contribution is -0.137. The van der Waals surface area contributed by atoms with Crippen molar-refractivity contribution in [2.75, 3.05) is 19.7 Å². The van der Waals surface area contributed by atoms with Crippen molar-refractivity contribution in [3.63, 3.8) is 0 Å². The molecule has 6 nitrogen and oxygen atoms in total. The van der Waals surface area contributed by atoms with E-state index in [0.717, 1.165) is 0 Å². The maximum atomic E-state index is 12.0. The van der Waals surface area contributed by atoms with Crippen molar-refractivity contribution in [3.8, 4) is 0 Å². The van der Waals surface area contributed by atoms with Gasteiger partial charge in [-0.2, -0.15) is 0 Å². The van der Waals surface area contributed by atoms with Crippen LogP contribution in [-0.4, -0.2) is 42.4 Å². The molecule has 2 N–H and O–H groups in total. The Labute approximate surface area is 133 Å². The number of carbonyl (C=O) groups excluding carboxylic acids is 3. The average Bonchev–Trinajstić information content (AvgIpc) is 2.53. The van der Waals surface area contributed by atoms with E-state index in [-0.39, 0.29) is 25.0 Å². The molecule has 1 saturated heterocycles. The Hall–Kier alpha value is -2.08. The quantitative estimate of drug-likeness (QED) is 0.843. The molecule has 1 atom stereocenters. The van der Waals surface area contributed by atoms with E-state index in [4.69, 9.17) is 22.1 Å². The van der Waals surface area contributed by atoms with Crippen LogP contribution >= 0.6 is 11.6 Å². The number of nitrogens with zero attached hydrogens (tertiary/aromatic N) is 1. The second kappa shape index (κ2) is 7.26. The van der Waals surface area contributed by atoms with Gasteiger partial charge >= 0.3 is 5.97 Å². The minimum atomic E-state index is -0.589. The molecule has 1 aliphatic rings. The third kappa shape index (κ3) is 4.21. The summed E-state index contributed by atoms with van der Waals surface area (Å²) in [5.41, 5.74) is 5.59. The number of piperidine rings is 1. The fraction of sp³-hybridized carbons (Fsp3) is 0.400.